The van der Waals surface area contributed by atoms with Gasteiger partial charge in [0, 0.05) is 17.8 Å². The van der Waals surface area contributed by atoms with Gasteiger partial charge in [0.1, 0.15) is 6.20 Å². The molecular weight excluding hydrogens is 326 g/mol. The molecule has 0 bridgehead atoms. The van der Waals surface area contributed by atoms with Crippen molar-refractivity contribution in [2.24, 2.45) is 0 Å². The van der Waals surface area contributed by atoms with E-state index in [-0.39, 0.29) is 17.6 Å². The number of aromatic nitrogens is 1. The molecule has 0 unspecified atom stereocenters. The van der Waals surface area contributed by atoms with E-state index >= 15 is 0 Å². The van der Waals surface area contributed by atoms with Gasteiger partial charge in [-0.1, -0.05) is 13.8 Å². The normalized spacial score (nSPS) is 16.7. The Balaban J connectivity index is 1.73. The molecule has 0 aromatic carbocycles. The van der Waals surface area contributed by atoms with Gasteiger partial charge in [-0.15, -0.1) is 11.3 Å². The van der Waals surface area contributed by atoms with Crippen LogP contribution in [0.3, 0.4) is 0 Å². The number of nitrogens with one attached hydrogen (secondary N) is 1. The summed E-state index contributed by atoms with van der Waals surface area (Å²) in [5.74, 6) is 0.247. The summed E-state index contributed by atoms with van der Waals surface area (Å²) < 4.78 is 0. The van der Waals surface area contributed by atoms with Crippen LogP contribution >= 0.6 is 11.3 Å². The average Bonchev–Trinajstić information content (AvgIpc) is 3.04. The lowest BCUT2D eigenvalue weighted by molar-refractivity contribution is -0.385. The van der Waals surface area contributed by atoms with Crippen molar-refractivity contribution in [3.8, 4) is 0 Å². The van der Waals surface area contributed by atoms with E-state index in [0.29, 0.717) is 12.3 Å². The first-order chi connectivity index (χ1) is 11.5. The topological polar surface area (TPSA) is 85.1 Å². The number of aryl methyl sites for hydroxylation is 1. The van der Waals surface area contributed by atoms with Crippen molar-refractivity contribution in [1.29, 1.82) is 0 Å². The van der Waals surface area contributed by atoms with Crippen LogP contribution in [0.5, 0.6) is 0 Å². The molecule has 1 N–H and O–H groups in total. The molecule has 0 spiro atoms. The smallest absolute Gasteiger partial charge is 0.287 e. The first kappa shape index (κ1) is 16.6. The Bertz CT molecular complexity index is 785. The summed E-state index contributed by atoms with van der Waals surface area (Å²) in [5, 5.41) is 15.9. The molecule has 126 valence electrons. The number of nitro groups is 1. The van der Waals surface area contributed by atoms with Crippen molar-refractivity contribution >= 4 is 22.9 Å². The quantitative estimate of drug-likeness (QED) is 0.679. The predicted octanol–water partition coefficient (Wildman–Crippen LogP) is 3.46. The van der Waals surface area contributed by atoms with Gasteiger partial charge >= 0.3 is 0 Å². The lowest BCUT2D eigenvalue weighted by Gasteiger charge is -2.24. The Hall–Kier alpha value is -2.28. The van der Waals surface area contributed by atoms with Gasteiger partial charge < -0.3 is 5.32 Å². The Morgan fingerprint density at radius 3 is 3.00 bits per heavy atom. The Kier molecular flexibility index (Phi) is 4.62. The van der Waals surface area contributed by atoms with E-state index in [2.05, 4.69) is 24.1 Å². The number of amides is 1. The number of hydrogen-bond acceptors (Lipinski definition) is 5. The molecule has 6 nitrogen and oxygen atoms in total. The summed E-state index contributed by atoms with van der Waals surface area (Å²) in [6.07, 6.45) is 3.40. The van der Waals surface area contributed by atoms with Gasteiger partial charge in [0.25, 0.3) is 11.6 Å². The fourth-order valence-electron chi connectivity index (χ4n) is 3.04. The summed E-state index contributed by atoms with van der Waals surface area (Å²) in [6, 6.07) is 3.55. The monoisotopic (exact) mass is 345 g/mol. The van der Waals surface area contributed by atoms with Gasteiger partial charge in [-0.2, -0.15) is 0 Å². The summed E-state index contributed by atoms with van der Waals surface area (Å²) >= 11 is 1.45. The molecule has 0 saturated carbocycles. The van der Waals surface area contributed by atoms with Crippen LogP contribution in [-0.2, 0) is 12.8 Å². The second kappa shape index (κ2) is 6.68. The molecule has 24 heavy (non-hydrogen) atoms. The first-order valence-corrected chi connectivity index (χ1v) is 8.84. The Morgan fingerprint density at radius 1 is 1.50 bits per heavy atom. The highest BCUT2D eigenvalue weighted by atomic mass is 32.1. The van der Waals surface area contributed by atoms with Crippen molar-refractivity contribution in [3.05, 3.63) is 55.5 Å². The summed E-state index contributed by atoms with van der Waals surface area (Å²) in [6.45, 7) is 4.14. The zero-order chi connectivity index (χ0) is 17.3. The van der Waals surface area contributed by atoms with E-state index in [1.807, 2.05) is 11.4 Å². The number of pyridine rings is 1. The second-order valence-electron chi connectivity index (χ2n) is 6.33. The largest absolute Gasteiger partial charge is 0.348 e. The number of hydrogen-bond donors (Lipinski definition) is 1. The Labute approximate surface area is 144 Å². The zero-order valence-corrected chi connectivity index (χ0v) is 14.4. The van der Waals surface area contributed by atoms with Crippen molar-refractivity contribution < 1.29 is 9.72 Å². The van der Waals surface area contributed by atoms with Crippen LogP contribution in [0.4, 0.5) is 5.69 Å². The van der Waals surface area contributed by atoms with Gasteiger partial charge in [-0.3, -0.25) is 19.9 Å². The molecule has 3 rings (SSSR count). The fraction of sp³-hybridized carbons (Fsp3) is 0.412. The minimum Gasteiger partial charge on any atom is -0.348 e. The molecule has 2 aromatic rings. The van der Waals surface area contributed by atoms with Crippen molar-refractivity contribution in [3.63, 3.8) is 0 Å². The summed E-state index contributed by atoms with van der Waals surface area (Å²) in [4.78, 5) is 28.0. The fourth-order valence-corrected chi connectivity index (χ4v) is 4.00. The van der Waals surface area contributed by atoms with Crippen LogP contribution in [0, 0.1) is 10.1 Å². The van der Waals surface area contributed by atoms with Crippen LogP contribution in [-0.4, -0.2) is 21.9 Å². The number of carbonyl (C=O) groups excluding carboxylic acids is 1. The van der Waals surface area contributed by atoms with E-state index in [4.69, 9.17) is 0 Å². The van der Waals surface area contributed by atoms with Crippen LogP contribution < -0.4 is 5.32 Å². The summed E-state index contributed by atoms with van der Waals surface area (Å²) in [7, 11) is 0. The maximum atomic E-state index is 12.6. The minimum atomic E-state index is -0.434. The van der Waals surface area contributed by atoms with Crippen LogP contribution in [0.1, 0.15) is 52.7 Å². The average molecular weight is 345 g/mol. The van der Waals surface area contributed by atoms with E-state index < -0.39 is 4.92 Å². The lowest BCUT2D eigenvalue weighted by Crippen LogP contribution is -2.39. The van der Waals surface area contributed by atoms with Gasteiger partial charge in [0.15, 0.2) is 0 Å². The van der Waals surface area contributed by atoms with Crippen LogP contribution in [0.25, 0.3) is 0 Å². The third kappa shape index (κ3) is 3.31. The lowest BCUT2D eigenvalue weighted by atomic mass is 9.91. The van der Waals surface area contributed by atoms with E-state index in [1.165, 1.54) is 17.5 Å². The molecule has 1 atom stereocenters. The number of rotatable bonds is 4. The van der Waals surface area contributed by atoms with Gasteiger partial charge in [-0.25, -0.2) is 0 Å². The second-order valence-corrected chi connectivity index (χ2v) is 7.25. The van der Waals surface area contributed by atoms with Crippen LogP contribution in [0.2, 0.25) is 0 Å². The maximum Gasteiger partial charge on any atom is 0.287 e. The number of fused-ring (bicyclic) bond motifs is 1. The maximum absolute atomic E-state index is 12.6. The minimum absolute atomic E-state index is 0.000998. The molecule has 1 aliphatic carbocycles. The molecule has 0 aliphatic heterocycles. The zero-order valence-electron chi connectivity index (χ0n) is 13.6. The van der Waals surface area contributed by atoms with Crippen molar-refractivity contribution in [1.82, 2.24) is 10.3 Å². The highest BCUT2D eigenvalue weighted by Gasteiger charge is 2.25. The molecule has 1 amide bonds. The van der Waals surface area contributed by atoms with Crippen molar-refractivity contribution in [2.75, 3.05) is 0 Å². The van der Waals surface area contributed by atoms with Gasteiger partial charge in [0.2, 0.25) is 0 Å². The standard InChI is InChI=1S/C17H19N3O3S/c1-10(2)14-5-6-24-16(14)17(21)19-12-3-4-15-11(7-12)8-13(9-18-15)20(22)23/h5-6,8-10,12H,3-4,7H2,1-2H3,(H,19,21)/t12-/m0/s1. The number of nitrogens with zero attached hydrogens (tertiary/aromatic N) is 2. The SMILES string of the molecule is CC(C)c1ccsc1C(=O)N[C@H]1CCc2ncc([N+](=O)[O-])cc2C1. The van der Waals surface area contributed by atoms with Crippen molar-refractivity contribution in [2.45, 2.75) is 45.1 Å². The number of carbonyl (C=O) groups is 1. The molecule has 2 aromatic heterocycles. The third-order valence-electron chi connectivity index (χ3n) is 4.31. The molecule has 2 heterocycles. The van der Waals surface area contributed by atoms with Crippen LogP contribution in [0.15, 0.2) is 23.7 Å². The molecule has 1 aliphatic rings. The van der Waals surface area contributed by atoms with E-state index in [1.54, 1.807) is 6.07 Å². The molecule has 7 heteroatoms. The van der Waals surface area contributed by atoms with E-state index in [0.717, 1.165) is 34.5 Å². The van der Waals surface area contributed by atoms with E-state index in [9.17, 15) is 14.9 Å². The molecule has 0 fully saturated rings. The number of thiophene rings is 1. The summed E-state index contributed by atoms with van der Waals surface area (Å²) in [5.41, 5.74) is 2.81. The highest BCUT2D eigenvalue weighted by Crippen LogP contribution is 2.26. The molecule has 0 saturated heterocycles. The third-order valence-corrected chi connectivity index (χ3v) is 5.24. The first-order valence-electron chi connectivity index (χ1n) is 7.96. The predicted molar refractivity (Wildman–Crippen MR) is 92.6 cm³/mol. The van der Waals surface area contributed by atoms with Gasteiger partial charge in [-0.05, 0) is 47.8 Å². The molecular formula is C17H19N3O3S. The highest BCUT2D eigenvalue weighted by molar-refractivity contribution is 7.12. The Morgan fingerprint density at radius 2 is 2.29 bits per heavy atom. The van der Waals surface area contributed by atoms with Gasteiger partial charge in [0.05, 0.1) is 9.80 Å². The molecule has 0 radical (unpaired) electrons.